The Hall–Kier alpha value is -3.59. The van der Waals surface area contributed by atoms with E-state index < -0.39 is 23.0 Å². The monoisotopic (exact) mass is 431 g/mol. The molecule has 2 N–H and O–H groups in total. The number of nitrogens with one attached hydrogen (secondary N) is 2. The molecule has 3 rings (SSSR count). The van der Waals surface area contributed by atoms with Crippen LogP contribution in [0.2, 0.25) is 5.02 Å². The Morgan fingerprint density at radius 2 is 1.83 bits per heavy atom. The standard InChI is InChI=1S/C20H18ClN3O6/c1-2-29-19(25)17-16(11-30-15-9-7-14(8-10-15)24(27)28)22-20(26)23-18(17)12-3-5-13(21)6-4-12/h3-10,18H,2,11H2,1H3,(H2,22,23,26). The number of rotatable bonds is 7. The molecule has 0 aromatic heterocycles. The third-order valence-electron chi connectivity index (χ3n) is 4.28. The lowest BCUT2D eigenvalue weighted by atomic mass is 9.95. The lowest BCUT2D eigenvalue weighted by molar-refractivity contribution is -0.384. The Kier molecular flexibility index (Phi) is 6.53. The number of carbonyl (C=O) groups excluding carboxylic acids is 2. The van der Waals surface area contributed by atoms with Crippen molar-refractivity contribution in [1.82, 2.24) is 10.6 Å². The average Bonchev–Trinajstić information content (AvgIpc) is 2.72. The molecule has 1 atom stereocenters. The fourth-order valence-electron chi connectivity index (χ4n) is 2.91. The van der Waals surface area contributed by atoms with Gasteiger partial charge in [0.15, 0.2) is 0 Å². The molecule has 1 aliphatic rings. The number of hydrogen-bond acceptors (Lipinski definition) is 6. The fourth-order valence-corrected chi connectivity index (χ4v) is 3.03. The predicted molar refractivity (Wildman–Crippen MR) is 108 cm³/mol. The van der Waals surface area contributed by atoms with Crippen LogP contribution in [0.25, 0.3) is 0 Å². The van der Waals surface area contributed by atoms with Gasteiger partial charge in [-0.25, -0.2) is 9.59 Å². The van der Waals surface area contributed by atoms with Gasteiger partial charge in [0.05, 0.1) is 28.8 Å². The first kappa shape index (κ1) is 21.1. The molecule has 30 heavy (non-hydrogen) atoms. The van der Waals surface area contributed by atoms with Gasteiger partial charge in [-0.2, -0.15) is 0 Å². The van der Waals surface area contributed by atoms with Crippen LogP contribution in [0.4, 0.5) is 10.5 Å². The Morgan fingerprint density at radius 1 is 1.17 bits per heavy atom. The molecule has 0 fully saturated rings. The zero-order chi connectivity index (χ0) is 21.7. The van der Waals surface area contributed by atoms with Crippen LogP contribution in [-0.4, -0.2) is 30.1 Å². The molecule has 0 radical (unpaired) electrons. The lowest BCUT2D eigenvalue weighted by Gasteiger charge is -2.29. The molecule has 0 saturated heterocycles. The van der Waals surface area contributed by atoms with Gasteiger partial charge in [0.1, 0.15) is 12.4 Å². The van der Waals surface area contributed by atoms with Crippen molar-refractivity contribution in [2.24, 2.45) is 0 Å². The van der Waals surface area contributed by atoms with Gasteiger partial charge in [-0.05, 0) is 36.8 Å². The van der Waals surface area contributed by atoms with Crippen LogP contribution in [0.3, 0.4) is 0 Å². The number of urea groups is 1. The van der Waals surface area contributed by atoms with Crippen LogP contribution < -0.4 is 15.4 Å². The Bertz CT molecular complexity index is 989. The number of non-ortho nitro benzene ring substituents is 1. The Morgan fingerprint density at radius 3 is 2.43 bits per heavy atom. The van der Waals surface area contributed by atoms with Gasteiger partial charge in [-0.1, -0.05) is 23.7 Å². The van der Waals surface area contributed by atoms with E-state index in [9.17, 15) is 19.7 Å². The van der Waals surface area contributed by atoms with E-state index >= 15 is 0 Å². The van der Waals surface area contributed by atoms with Crippen LogP contribution in [0.1, 0.15) is 18.5 Å². The third-order valence-corrected chi connectivity index (χ3v) is 4.54. The second-order valence-electron chi connectivity index (χ2n) is 6.24. The van der Waals surface area contributed by atoms with E-state index in [0.717, 1.165) is 0 Å². The van der Waals surface area contributed by atoms with Gasteiger partial charge in [0.25, 0.3) is 5.69 Å². The highest BCUT2D eigenvalue weighted by atomic mass is 35.5. The summed E-state index contributed by atoms with van der Waals surface area (Å²) in [5.74, 6) is -0.264. The highest BCUT2D eigenvalue weighted by molar-refractivity contribution is 6.30. The number of esters is 1. The minimum absolute atomic E-state index is 0.0771. The topological polar surface area (TPSA) is 120 Å². The van der Waals surface area contributed by atoms with Crippen molar-refractivity contribution < 1.29 is 24.0 Å². The second kappa shape index (κ2) is 9.27. The highest BCUT2D eigenvalue weighted by Crippen LogP contribution is 2.29. The fraction of sp³-hybridized carbons (Fsp3) is 0.200. The summed E-state index contributed by atoms with van der Waals surface area (Å²) in [6.45, 7) is 1.68. The number of halogens is 1. The number of nitro benzene ring substituents is 1. The summed E-state index contributed by atoms with van der Waals surface area (Å²) < 4.78 is 10.8. The van der Waals surface area contributed by atoms with Crippen molar-refractivity contribution in [2.75, 3.05) is 13.2 Å². The molecular weight excluding hydrogens is 414 g/mol. The van der Waals surface area contributed by atoms with Gasteiger partial charge < -0.3 is 20.1 Å². The Balaban J connectivity index is 1.92. The molecule has 156 valence electrons. The van der Waals surface area contributed by atoms with E-state index in [0.29, 0.717) is 16.3 Å². The van der Waals surface area contributed by atoms with E-state index in [-0.39, 0.29) is 30.2 Å². The minimum Gasteiger partial charge on any atom is -0.487 e. The molecule has 10 heteroatoms. The molecule has 2 amide bonds. The number of amides is 2. The van der Waals surface area contributed by atoms with Crippen molar-refractivity contribution >= 4 is 29.3 Å². The molecule has 0 saturated carbocycles. The summed E-state index contributed by atoms with van der Waals surface area (Å²) in [5, 5.41) is 16.6. The van der Waals surface area contributed by atoms with Crippen molar-refractivity contribution in [2.45, 2.75) is 13.0 Å². The van der Waals surface area contributed by atoms with Gasteiger partial charge in [0.2, 0.25) is 0 Å². The van der Waals surface area contributed by atoms with Gasteiger partial charge >= 0.3 is 12.0 Å². The highest BCUT2D eigenvalue weighted by Gasteiger charge is 2.34. The van der Waals surface area contributed by atoms with Gasteiger partial charge in [-0.3, -0.25) is 10.1 Å². The summed E-state index contributed by atoms with van der Waals surface area (Å²) in [7, 11) is 0. The molecule has 2 aromatic carbocycles. The second-order valence-corrected chi connectivity index (χ2v) is 6.67. The average molecular weight is 432 g/mol. The predicted octanol–water partition coefficient (Wildman–Crippen LogP) is 3.50. The maximum Gasteiger partial charge on any atom is 0.338 e. The smallest absolute Gasteiger partial charge is 0.338 e. The normalized spacial score (nSPS) is 15.8. The SMILES string of the molecule is CCOC(=O)C1=C(COc2ccc([N+](=O)[O-])cc2)NC(=O)NC1c1ccc(Cl)cc1. The van der Waals surface area contributed by atoms with Crippen LogP contribution in [-0.2, 0) is 9.53 Å². The zero-order valence-electron chi connectivity index (χ0n) is 15.9. The molecule has 0 spiro atoms. The number of nitrogens with zero attached hydrogens (tertiary/aromatic N) is 1. The van der Waals surface area contributed by atoms with Crippen molar-refractivity contribution in [3.05, 3.63) is 80.5 Å². The van der Waals surface area contributed by atoms with Gasteiger partial charge in [-0.15, -0.1) is 0 Å². The number of nitro groups is 1. The summed E-state index contributed by atoms with van der Waals surface area (Å²) in [4.78, 5) is 35.1. The lowest BCUT2D eigenvalue weighted by Crippen LogP contribution is -2.47. The summed E-state index contributed by atoms with van der Waals surface area (Å²) in [6.07, 6.45) is 0. The minimum atomic E-state index is -0.759. The van der Waals surface area contributed by atoms with E-state index in [4.69, 9.17) is 21.1 Å². The number of hydrogen-bond donors (Lipinski definition) is 2. The first-order valence-electron chi connectivity index (χ1n) is 8.99. The number of carbonyl (C=O) groups is 2. The summed E-state index contributed by atoms with van der Waals surface area (Å²) in [5.41, 5.74) is 0.994. The largest absolute Gasteiger partial charge is 0.487 e. The first-order chi connectivity index (χ1) is 14.4. The first-order valence-corrected chi connectivity index (χ1v) is 9.37. The molecule has 9 nitrogen and oxygen atoms in total. The van der Waals surface area contributed by atoms with Gasteiger partial charge in [0, 0.05) is 17.2 Å². The van der Waals surface area contributed by atoms with Crippen LogP contribution >= 0.6 is 11.6 Å². The van der Waals surface area contributed by atoms with E-state index in [1.807, 2.05) is 0 Å². The van der Waals surface area contributed by atoms with E-state index in [1.54, 1.807) is 31.2 Å². The molecule has 2 aromatic rings. The summed E-state index contributed by atoms with van der Waals surface area (Å²) in [6, 6.07) is 10.9. The summed E-state index contributed by atoms with van der Waals surface area (Å²) >= 11 is 5.94. The van der Waals surface area contributed by atoms with Crippen LogP contribution in [0.5, 0.6) is 5.75 Å². The number of ether oxygens (including phenoxy) is 2. The van der Waals surface area contributed by atoms with Crippen LogP contribution in [0.15, 0.2) is 59.8 Å². The van der Waals surface area contributed by atoms with E-state index in [2.05, 4.69) is 10.6 Å². The maximum atomic E-state index is 12.7. The molecule has 1 aliphatic heterocycles. The quantitative estimate of drug-likeness (QED) is 0.393. The third kappa shape index (κ3) is 4.87. The van der Waals surface area contributed by atoms with Crippen molar-refractivity contribution in [3.8, 4) is 5.75 Å². The maximum absolute atomic E-state index is 12.7. The molecule has 1 heterocycles. The zero-order valence-corrected chi connectivity index (χ0v) is 16.6. The molecule has 1 unspecified atom stereocenters. The van der Waals surface area contributed by atoms with Crippen molar-refractivity contribution in [1.29, 1.82) is 0 Å². The van der Waals surface area contributed by atoms with Crippen LogP contribution in [0, 0.1) is 10.1 Å². The van der Waals surface area contributed by atoms with E-state index in [1.165, 1.54) is 24.3 Å². The number of benzene rings is 2. The van der Waals surface area contributed by atoms with Crippen molar-refractivity contribution in [3.63, 3.8) is 0 Å². The Labute approximate surface area is 176 Å². The molecule has 0 aliphatic carbocycles. The molecule has 0 bridgehead atoms. The molecular formula is C20H18ClN3O6.